The lowest BCUT2D eigenvalue weighted by atomic mass is 9.87. The third-order valence-corrected chi connectivity index (χ3v) is 6.33. The molecular formula is C27H26ClNO5. The minimum Gasteiger partial charge on any atom is -0.493 e. The summed E-state index contributed by atoms with van der Waals surface area (Å²) in [5, 5.41) is 13.1. The third-order valence-electron chi connectivity index (χ3n) is 6.04. The van der Waals surface area contributed by atoms with Gasteiger partial charge >= 0.3 is 5.97 Å². The Bertz CT molecular complexity index is 1210. The van der Waals surface area contributed by atoms with Crippen LogP contribution in [0.15, 0.2) is 66.7 Å². The van der Waals surface area contributed by atoms with Crippen molar-refractivity contribution >= 4 is 23.5 Å². The van der Waals surface area contributed by atoms with E-state index in [-0.39, 0.29) is 29.7 Å². The van der Waals surface area contributed by atoms with Crippen molar-refractivity contribution in [2.24, 2.45) is 0 Å². The lowest BCUT2D eigenvalue weighted by molar-refractivity contribution is -0.159. The van der Waals surface area contributed by atoms with Crippen LogP contribution in [0.25, 0.3) is 0 Å². The smallest absolute Gasteiger partial charge is 0.353 e. The van der Waals surface area contributed by atoms with Crippen molar-refractivity contribution in [2.75, 3.05) is 13.2 Å². The summed E-state index contributed by atoms with van der Waals surface area (Å²) >= 11 is 6.43. The molecule has 7 heteroatoms. The molecule has 176 valence electrons. The number of halogens is 1. The van der Waals surface area contributed by atoms with E-state index in [1.165, 1.54) is 23.3 Å². The van der Waals surface area contributed by atoms with E-state index in [0.717, 1.165) is 12.8 Å². The van der Waals surface area contributed by atoms with Crippen LogP contribution in [0.4, 0.5) is 0 Å². The van der Waals surface area contributed by atoms with Crippen LogP contribution in [0.2, 0.25) is 5.02 Å². The van der Waals surface area contributed by atoms with Gasteiger partial charge in [0.05, 0.1) is 11.6 Å². The number of para-hydroxylation sites is 1. The lowest BCUT2D eigenvalue weighted by Gasteiger charge is -2.35. The van der Waals surface area contributed by atoms with Crippen molar-refractivity contribution in [3.8, 4) is 11.5 Å². The first-order valence-electron chi connectivity index (χ1n) is 11.2. The second-order valence-corrected chi connectivity index (χ2v) is 8.51. The highest BCUT2D eigenvalue weighted by Gasteiger charge is 2.47. The molecule has 1 unspecified atom stereocenters. The number of carbonyl (C=O) groups is 2. The Morgan fingerprint density at radius 1 is 1.09 bits per heavy atom. The van der Waals surface area contributed by atoms with Gasteiger partial charge in [-0.05, 0) is 48.2 Å². The molecule has 0 fully saturated rings. The SMILES string of the molecule is CCc1ccccc1CCNC(=O)c1ccc(OC2(C(=O)O)CCOc3ccccc32)c(Cl)c1. The van der Waals surface area contributed by atoms with Crippen LogP contribution in [0.5, 0.6) is 11.5 Å². The quantitative estimate of drug-likeness (QED) is 0.474. The molecule has 0 saturated heterocycles. The normalized spacial score (nSPS) is 16.8. The van der Waals surface area contributed by atoms with Crippen molar-refractivity contribution in [2.45, 2.75) is 31.8 Å². The highest BCUT2D eigenvalue weighted by molar-refractivity contribution is 6.32. The Hall–Kier alpha value is -3.51. The number of carbonyl (C=O) groups excluding carboxylic acids is 1. The Morgan fingerprint density at radius 3 is 2.56 bits per heavy atom. The van der Waals surface area contributed by atoms with E-state index in [1.54, 1.807) is 30.3 Å². The van der Waals surface area contributed by atoms with Gasteiger partial charge in [-0.2, -0.15) is 0 Å². The average Bonchev–Trinajstić information content (AvgIpc) is 2.85. The van der Waals surface area contributed by atoms with Gasteiger partial charge in [-0.25, -0.2) is 4.79 Å². The Labute approximate surface area is 203 Å². The number of hydrogen-bond donors (Lipinski definition) is 2. The summed E-state index contributed by atoms with van der Waals surface area (Å²) < 4.78 is 11.6. The van der Waals surface area contributed by atoms with Crippen molar-refractivity contribution in [3.05, 3.63) is 94.0 Å². The molecule has 0 aliphatic carbocycles. The maximum Gasteiger partial charge on any atom is 0.353 e. The summed E-state index contributed by atoms with van der Waals surface area (Å²) in [5.41, 5.74) is 1.65. The zero-order valence-electron chi connectivity index (χ0n) is 18.8. The summed E-state index contributed by atoms with van der Waals surface area (Å²) in [4.78, 5) is 25.0. The zero-order chi connectivity index (χ0) is 24.1. The maximum atomic E-state index is 12.7. The lowest BCUT2D eigenvalue weighted by Crippen LogP contribution is -2.45. The van der Waals surface area contributed by atoms with Crippen LogP contribution in [0, 0.1) is 0 Å². The van der Waals surface area contributed by atoms with Gasteiger partial charge in [-0.1, -0.05) is 61.0 Å². The fourth-order valence-electron chi connectivity index (χ4n) is 4.21. The molecule has 1 atom stereocenters. The summed E-state index contributed by atoms with van der Waals surface area (Å²) in [6.07, 6.45) is 1.79. The Kier molecular flexibility index (Phi) is 7.08. The predicted molar refractivity (Wildman–Crippen MR) is 130 cm³/mol. The topological polar surface area (TPSA) is 84.9 Å². The van der Waals surface area contributed by atoms with Gasteiger partial charge in [0.2, 0.25) is 5.60 Å². The molecule has 1 aliphatic rings. The number of nitrogens with one attached hydrogen (secondary N) is 1. The first-order chi connectivity index (χ1) is 16.4. The van der Waals surface area contributed by atoms with Gasteiger partial charge in [0.15, 0.2) is 0 Å². The molecule has 6 nitrogen and oxygen atoms in total. The molecule has 0 bridgehead atoms. The van der Waals surface area contributed by atoms with Gasteiger partial charge in [0, 0.05) is 24.1 Å². The van der Waals surface area contributed by atoms with Gasteiger partial charge in [0.1, 0.15) is 11.5 Å². The van der Waals surface area contributed by atoms with Crippen LogP contribution in [0.1, 0.15) is 40.4 Å². The maximum absolute atomic E-state index is 12.7. The van der Waals surface area contributed by atoms with E-state index >= 15 is 0 Å². The minimum absolute atomic E-state index is 0.122. The standard InChI is InChI=1S/C27H26ClNO5/c1-2-18-7-3-4-8-19(18)13-15-29-25(30)20-11-12-24(22(28)17-20)34-27(26(31)32)14-16-33-23-10-6-5-9-21(23)27/h3-12,17H,2,13-16H2,1H3,(H,29,30)(H,31,32). The van der Waals surface area contributed by atoms with Crippen molar-refractivity contribution in [1.82, 2.24) is 5.32 Å². The summed E-state index contributed by atoms with van der Waals surface area (Å²) in [6.45, 7) is 2.80. The van der Waals surface area contributed by atoms with Crippen molar-refractivity contribution < 1.29 is 24.2 Å². The van der Waals surface area contributed by atoms with Crippen LogP contribution in [-0.2, 0) is 23.2 Å². The highest BCUT2D eigenvalue weighted by Crippen LogP contribution is 2.42. The molecule has 0 saturated carbocycles. The van der Waals surface area contributed by atoms with Gasteiger partial charge in [0.25, 0.3) is 5.91 Å². The fraction of sp³-hybridized carbons (Fsp3) is 0.259. The first-order valence-corrected chi connectivity index (χ1v) is 11.6. The number of rotatable bonds is 8. The number of hydrogen-bond acceptors (Lipinski definition) is 4. The molecular weight excluding hydrogens is 454 g/mol. The van der Waals surface area contributed by atoms with Crippen molar-refractivity contribution in [1.29, 1.82) is 0 Å². The number of benzene rings is 3. The molecule has 1 aliphatic heterocycles. The molecule has 1 heterocycles. The number of aryl methyl sites for hydroxylation is 1. The molecule has 4 rings (SSSR count). The Balaban J connectivity index is 1.48. The molecule has 0 spiro atoms. The monoisotopic (exact) mass is 479 g/mol. The largest absolute Gasteiger partial charge is 0.493 e. The van der Waals surface area contributed by atoms with Gasteiger partial charge < -0.3 is 19.9 Å². The van der Waals surface area contributed by atoms with Crippen LogP contribution in [-0.4, -0.2) is 30.1 Å². The second kappa shape index (κ2) is 10.2. The number of ether oxygens (including phenoxy) is 2. The highest BCUT2D eigenvalue weighted by atomic mass is 35.5. The molecule has 3 aromatic carbocycles. The molecule has 0 radical (unpaired) electrons. The van der Waals surface area contributed by atoms with Crippen LogP contribution in [0.3, 0.4) is 0 Å². The van der Waals surface area contributed by atoms with Crippen molar-refractivity contribution in [3.63, 3.8) is 0 Å². The predicted octanol–water partition coefficient (Wildman–Crippen LogP) is 5.02. The molecule has 0 aromatic heterocycles. The van der Waals surface area contributed by atoms with E-state index in [9.17, 15) is 14.7 Å². The summed E-state index contributed by atoms with van der Waals surface area (Å²) in [7, 11) is 0. The number of aliphatic carboxylic acids is 1. The van der Waals surface area contributed by atoms with Gasteiger partial charge in [-0.15, -0.1) is 0 Å². The number of fused-ring (bicyclic) bond motifs is 1. The van der Waals surface area contributed by atoms with Crippen LogP contribution >= 0.6 is 11.6 Å². The summed E-state index contributed by atoms with van der Waals surface area (Å²) in [5.74, 6) is -0.734. The molecule has 2 N–H and O–H groups in total. The zero-order valence-corrected chi connectivity index (χ0v) is 19.6. The third kappa shape index (κ3) is 4.73. The Morgan fingerprint density at radius 2 is 1.82 bits per heavy atom. The van der Waals surface area contributed by atoms with Crippen LogP contribution < -0.4 is 14.8 Å². The van der Waals surface area contributed by atoms with Gasteiger partial charge in [-0.3, -0.25) is 4.79 Å². The van der Waals surface area contributed by atoms with E-state index in [1.807, 2.05) is 12.1 Å². The molecule has 34 heavy (non-hydrogen) atoms. The number of carboxylic acid groups (broad SMARTS) is 1. The molecule has 3 aromatic rings. The number of carboxylic acids is 1. The van der Waals surface area contributed by atoms with E-state index in [4.69, 9.17) is 21.1 Å². The summed E-state index contributed by atoms with van der Waals surface area (Å²) in [6, 6.07) is 19.7. The second-order valence-electron chi connectivity index (χ2n) is 8.10. The number of amides is 1. The minimum atomic E-state index is -1.63. The van der Waals surface area contributed by atoms with E-state index in [2.05, 4.69) is 24.4 Å². The van der Waals surface area contributed by atoms with E-state index < -0.39 is 11.6 Å². The average molecular weight is 480 g/mol. The fourth-order valence-corrected chi connectivity index (χ4v) is 4.43. The van der Waals surface area contributed by atoms with E-state index in [0.29, 0.717) is 23.4 Å². The first kappa shape index (κ1) is 23.6. The molecule has 1 amide bonds.